The average molecular weight is 366 g/mol. The van der Waals surface area contributed by atoms with Crippen LogP contribution in [0.3, 0.4) is 0 Å². The lowest BCUT2D eigenvalue weighted by atomic mass is 10.1. The quantitative estimate of drug-likeness (QED) is 0.904. The Hall–Kier alpha value is -1.82. The number of benzene rings is 1. The maximum atomic E-state index is 12.6. The van der Waals surface area contributed by atoms with Gasteiger partial charge in [-0.2, -0.15) is 0 Å². The minimum Gasteiger partial charge on any atom is -0.481 e. The van der Waals surface area contributed by atoms with Crippen molar-refractivity contribution in [3.63, 3.8) is 0 Å². The topological polar surface area (TPSA) is 54.5 Å². The Balaban J connectivity index is 1.71. The first-order chi connectivity index (χ1) is 11.7. The first kappa shape index (κ1) is 17.0. The van der Waals surface area contributed by atoms with Crippen LogP contribution in [-0.4, -0.2) is 42.0 Å². The summed E-state index contributed by atoms with van der Waals surface area (Å²) in [5, 5.41) is 4.08. The number of rotatable bonds is 4. The summed E-state index contributed by atoms with van der Waals surface area (Å²) in [6.45, 7) is 1.93. The highest BCUT2D eigenvalue weighted by molar-refractivity contribution is 6.37. The highest BCUT2D eigenvalue weighted by Gasteiger charge is 2.28. The molecule has 24 heavy (non-hydrogen) atoms. The van der Waals surface area contributed by atoms with Crippen LogP contribution in [0.25, 0.3) is 0 Å². The molecule has 0 radical (unpaired) electrons. The molecule has 1 aliphatic rings. The molecule has 1 amide bonds. The van der Waals surface area contributed by atoms with Crippen LogP contribution in [0.4, 0.5) is 0 Å². The summed E-state index contributed by atoms with van der Waals surface area (Å²) in [4.78, 5) is 18.6. The van der Waals surface area contributed by atoms with Gasteiger partial charge >= 0.3 is 0 Å². The van der Waals surface area contributed by atoms with Gasteiger partial charge in [-0.1, -0.05) is 35.3 Å². The van der Waals surface area contributed by atoms with Crippen molar-refractivity contribution in [2.45, 2.75) is 6.04 Å². The number of carbonyl (C=O) groups excluding carboxylic acids is 1. The van der Waals surface area contributed by atoms with E-state index in [1.165, 1.54) is 0 Å². The van der Waals surface area contributed by atoms with Crippen LogP contribution in [0.15, 0.2) is 42.7 Å². The molecule has 1 fully saturated rings. The van der Waals surface area contributed by atoms with Gasteiger partial charge in [0.2, 0.25) is 0 Å². The zero-order valence-corrected chi connectivity index (χ0v) is 14.4. The van der Waals surface area contributed by atoms with E-state index in [0.29, 0.717) is 28.9 Å². The first-order valence-electron chi connectivity index (χ1n) is 7.63. The van der Waals surface area contributed by atoms with Gasteiger partial charge in [0.25, 0.3) is 5.91 Å². The van der Waals surface area contributed by atoms with E-state index in [2.05, 4.69) is 10.3 Å². The van der Waals surface area contributed by atoms with Gasteiger partial charge in [0.15, 0.2) is 12.4 Å². The van der Waals surface area contributed by atoms with Crippen LogP contribution in [0.5, 0.6) is 5.75 Å². The van der Waals surface area contributed by atoms with Crippen molar-refractivity contribution in [1.29, 1.82) is 0 Å². The van der Waals surface area contributed by atoms with Crippen LogP contribution < -0.4 is 10.1 Å². The van der Waals surface area contributed by atoms with Crippen molar-refractivity contribution < 1.29 is 9.53 Å². The Labute approximate surface area is 150 Å². The van der Waals surface area contributed by atoms with Crippen LogP contribution in [0, 0.1) is 0 Å². The molecule has 1 N–H and O–H groups in total. The van der Waals surface area contributed by atoms with Gasteiger partial charge in [-0.3, -0.25) is 9.78 Å². The molecular weight excluding hydrogens is 349 g/mol. The molecule has 2 heterocycles. The number of ether oxygens (including phenoxy) is 1. The van der Waals surface area contributed by atoms with Gasteiger partial charge in [0.1, 0.15) is 0 Å². The molecule has 0 bridgehead atoms. The second-order valence-electron chi connectivity index (χ2n) is 5.43. The SMILES string of the molecule is O=C(COc1c(Cl)cccc1Cl)N1CCNCC1c1cccnc1. The molecule has 0 saturated carbocycles. The van der Waals surface area contributed by atoms with E-state index in [-0.39, 0.29) is 18.6 Å². The van der Waals surface area contributed by atoms with Gasteiger partial charge in [-0.25, -0.2) is 0 Å². The third kappa shape index (κ3) is 3.80. The van der Waals surface area contributed by atoms with Gasteiger partial charge in [0.05, 0.1) is 16.1 Å². The fraction of sp³-hybridized carbons (Fsp3) is 0.294. The van der Waals surface area contributed by atoms with E-state index in [0.717, 1.165) is 12.1 Å². The number of nitrogens with one attached hydrogen (secondary N) is 1. The molecule has 1 atom stereocenters. The minimum absolute atomic E-state index is 0.0646. The summed E-state index contributed by atoms with van der Waals surface area (Å²) in [5.74, 6) is 0.226. The molecule has 1 aromatic carbocycles. The summed E-state index contributed by atoms with van der Waals surface area (Å²) in [6, 6.07) is 8.86. The van der Waals surface area contributed by atoms with E-state index in [9.17, 15) is 4.79 Å². The number of halogens is 2. The number of carbonyl (C=O) groups is 1. The Morgan fingerprint density at radius 2 is 2.08 bits per heavy atom. The van der Waals surface area contributed by atoms with Crippen molar-refractivity contribution in [1.82, 2.24) is 15.2 Å². The Morgan fingerprint density at radius 3 is 2.79 bits per heavy atom. The largest absolute Gasteiger partial charge is 0.481 e. The summed E-state index contributed by atoms with van der Waals surface area (Å²) >= 11 is 12.1. The Kier molecular flexibility index (Phi) is 5.56. The smallest absolute Gasteiger partial charge is 0.261 e. The molecule has 5 nitrogen and oxygen atoms in total. The van der Waals surface area contributed by atoms with Gasteiger partial charge in [-0.15, -0.1) is 0 Å². The van der Waals surface area contributed by atoms with Gasteiger partial charge < -0.3 is 15.0 Å². The monoisotopic (exact) mass is 365 g/mol. The molecule has 126 valence electrons. The second kappa shape index (κ2) is 7.83. The number of amides is 1. The van der Waals surface area contributed by atoms with E-state index in [1.54, 1.807) is 35.5 Å². The Bertz CT molecular complexity index is 692. The molecule has 1 saturated heterocycles. The fourth-order valence-electron chi connectivity index (χ4n) is 2.71. The van der Waals surface area contributed by atoms with Crippen LogP contribution in [0.2, 0.25) is 10.0 Å². The van der Waals surface area contributed by atoms with Crippen molar-refractivity contribution in [3.8, 4) is 5.75 Å². The molecule has 1 unspecified atom stereocenters. The molecule has 0 spiro atoms. The van der Waals surface area contributed by atoms with Gasteiger partial charge in [-0.05, 0) is 23.8 Å². The van der Waals surface area contributed by atoms with Crippen molar-refractivity contribution in [2.24, 2.45) is 0 Å². The average Bonchev–Trinajstić information content (AvgIpc) is 2.62. The third-order valence-electron chi connectivity index (χ3n) is 3.89. The first-order valence-corrected chi connectivity index (χ1v) is 8.39. The van der Waals surface area contributed by atoms with Crippen molar-refractivity contribution >= 4 is 29.1 Å². The van der Waals surface area contributed by atoms with Crippen molar-refractivity contribution in [2.75, 3.05) is 26.2 Å². The fourth-order valence-corrected chi connectivity index (χ4v) is 3.22. The summed E-state index contributed by atoms with van der Waals surface area (Å²) in [7, 11) is 0. The summed E-state index contributed by atoms with van der Waals surface area (Å²) < 4.78 is 5.58. The number of hydrogen-bond acceptors (Lipinski definition) is 4. The lowest BCUT2D eigenvalue weighted by Gasteiger charge is -2.36. The molecule has 3 rings (SSSR count). The Morgan fingerprint density at radius 1 is 1.29 bits per heavy atom. The predicted molar refractivity (Wildman–Crippen MR) is 93.5 cm³/mol. The number of aromatic nitrogens is 1. The zero-order chi connectivity index (χ0) is 16.9. The van der Waals surface area contributed by atoms with Crippen molar-refractivity contribution in [3.05, 3.63) is 58.3 Å². The highest BCUT2D eigenvalue weighted by Crippen LogP contribution is 2.32. The maximum Gasteiger partial charge on any atom is 0.261 e. The van der Waals surface area contributed by atoms with E-state index in [4.69, 9.17) is 27.9 Å². The van der Waals surface area contributed by atoms with E-state index >= 15 is 0 Å². The van der Waals surface area contributed by atoms with E-state index in [1.807, 2.05) is 12.1 Å². The van der Waals surface area contributed by atoms with Crippen LogP contribution >= 0.6 is 23.2 Å². The van der Waals surface area contributed by atoms with E-state index < -0.39 is 0 Å². The molecule has 1 aliphatic heterocycles. The second-order valence-corrected chi connectivity index (χ2v) is 6.25. The van der Waals surface area contributed by atoms with Crippen LogP contribution in [0.1, 0.15) is 11.6 Å². The van der Waals surface area contributed by atoms with Crippen LogP contribution in [-0.2, 0) is 4.79 Å². The standard InChI is InChI=1S/C17H17Cl2N3O2/c18-13-4-1-5-14(19)17(13)24-11-16(23)22-8-7-21-10-15(22)12-3-2-6-20-9-12/h1-6,9,15,21H,7-8,10-11H2. The number of para-hydroxylation sites is 1. The number of nitrogens with zero attached hydrogens (tertiary/aromatic N) is 2. The minimum atomic E-state index is -0.111. The highest BCUT2D eigenvalue weighted by atomic mass is 35.5. The number of hydrogen-bond donors (Lipinski definition) is 1. The lowest BCUT2D eigenvalue weighted by molar-refractivity contribution is -0.136. The van der Waals surface area contributed by atoms with Gasteiger partial charge in [0, 0.05) is 32.0 Å². The normalized spacial score (nSPS) is 17.6. The maximum absolute atomic E-state index is 12.6. The molecule has 1 aromatic heterocycles. The molecular formula is C17H17Cl2N3O2. The number of pyridine rings is 1. The zero-order valence-electron chi connectivity index (χ0n) is 12.9. The summed E-state index contributed by atoms with van der Waals surface area (Å²) in [6.07, 6.45) is 3.50. The third-order valence-corrected chi connectivity index (χ3v) is 4.49. The lowest BCUT2D eigenvalue weighted by Crippen LogP contribution is -2.50. The molecule has 7 heteroatoms. The summed E-state index contributed by atoms with van der Waals surface area (Å²) in [5.41, 5.74) is 0.994. The number of piperazine rings is 1. The predicted octanol–water partition coefficient (Wildman–Crippen LogP) is 2.94. The molecule has 0 aliphatic carbocycles. The molecule has 2 aromatic rings.